The van der Waals surface area contributed by atoms with E-state index in [-0.39, 0.29) is 11.9 Å². The Morgan fingerprint density at radius 3 is 2.23 bits per heavy atom. The Balaban J connectivity index is 1.55. The zero-order valence-corrected chi connectivity index (χ0v) is 18.6. The lowest BCUT2D eigenvalue weighted by Gasteiger charge is -2.43. The summed E-state index contributed by atoms with van der Waals surface area (Å²) in [5, 5.41) is 2.00. The molecule has 2 nitrogen and oxygen atoms in total. The second-order valence-electron chi connectivity index (χ2n) is 7.53. The average Bonchev–Trinajstić information content (AvgIpc) is 2.74. The number of hydrogen-bond acceptors (Lipinski definition) is 2. The largest absolute Gasteiger partial charge is 0.361 e. The first-order valence-corrected chi connectivity index (χ1v) is 11.1. The van der Waals surface area contributed by atoms with Gasteiger partial charge in [0.05, 0.1) is 16.8 Å². The van der Waals surface area contributed by atoms with Crippen LogP contribution in [0.4, 0.5) is 10.1 Å². The maximum Gasteiger partial charge on any atom is 0.123 e. The number of hydrogen-bond donors (Lipinski definition) is 0. The summed E-state index contributed by atoms with van der Waals surface area (Å²) in [4.78, 5) is 4.79. The molecule has 156 valence electrons. The minimum atomic E-state index is -0.199. The fourth-order valence-corrected chi connectivity index (χ4v) is 4.60. The molecule has 0 bridgehead atoms. The van der Waals surface area contributed by atoms with Gasteiger partial charge in [-0.05, 0) is 60.0 Å². The molecule has 1 atom stereocenters. The van der Waals surface area contributed by atoms with Gasteiger partial charge in [0.1, 0.15) is 5.82 Å². The van der Waals surface area contributed by atoms with E-state index in [2.05, 4.69) is 21.9 Å². The minimum Gasteiger partial charge on any atom is -0.361 e. The van der Waals surface area contributed by atoms with E-state index >= 15 is 0 Å². The zero-order valence-electron chi connectivity index (χ0n) is 16.4. The Morgan fingerprint density at radius 1 is 0.833 bits per heavy atom. The van der Waals surface area contributed by atoms with Crippen LogP contribution in [0.5, 0.6) is 0 Å². The first-order chi connectivity index (χ1) is 14.5. The van der Waals surface area contributed by atoms with Gasteiger partial charge in [0.15, 0.2) is 0 Å². The number of nitrogens with zero attached hydrogens (tertiary/aromatic N) is 2. The van der Waals surface area contributed by atoms with Crippen molar-refractivity contribution >= 4 is 40.5 Å². The van der Waals surface area contributed by atoms with Crippen LogP contribution in [0.2, 0.25) is 15.1 Å². The van der Waals surface area contributed by atoms with Gasteiger partial charge in [-0.3, -0.25) is 4.90 Å². The molecule has 4 rings (SSSR count). The summed E-state index contributed by atoms with van der Waals surface area (Å²) in [6.45, 7) is 3.54. The summed E-state index contributed by atoms with van der Waals surface area (Å²) >= 11 is 18.8. The predicted octanol–water partition coefficient (Wildman–Crippen LogP) is 6.89. The molecular formula is C24H22Cl3FN2. The van der Waals surface area contributed by atoms with Crippen molar-refractivity contribution < 1.29 is 4.39 Å². The second kappa shape index (κ2) is 9.57. The van der Waals surface area contributed by atoms with Gasteiger partial charge in [0, 0.05) is 36.2 Å². The van der Waals surface area contributed by atoms with Gasteiger partial charge in [-0.1, -0.05) is 59.1 Å². The molecule has 0 saturated carbocycles. The Morgan fingerprint density at radius 2 is 1.53 bits per heavy atom. The van der Waals surface area contributed by atoms with E-state index in [1.165, 1.54) is 17.7 Å². The number of anilines is 1. The van der Waals surface area contributed by atoms with Crippen molar-refractivity contribution in [3.63, 3.8) is 0 Å². The predicted molar refractivity (Wildman–Crippen MR) is 125 cm³/mol. The Labute approximate surface area is 191 Å². The SMILES string of the molecule is Fc1ccc(CCN2CCN(c3ccc(Cl)cc3Cl)C(c3ccc(Cl)cc3)C2)cc1. The van der Waals surface area contributed by atoms with Crippen molar-refractivity contribution in [1.82, 2.24) is 4.90 Å². The fourth-order valence-electron chi connectivity index (χ4n) is 3.95. The van der Waals surface area contributed by atoms with E-state index in [9.17, 15) is 4.39 Å². The standard InChI is InChI=1S/C24H22Cl3FN2/c25-19-5-3-18(4-6-19)24-16-29(12-11-17-1-8-21(28)9-2-17)13-14-30(24)23-10-7-20(26)15-22(23)27/h1-10,15,24H,11-14,16H2. The molecule has 1 aliphatic rings. The van der Waals surface area contributed by atoms with E-state index in [4.69, 9.17) is 34.8 Å². The molecule has 3 aromatic carbocycles. The van der Waals surface area contributed by atoms with Crippen molar-refractivity contribution in [3.05, 3.63) is 98.7 Å². The van der Waals surface area contributed by atoms with Gasteiger partial charge in [0.25, 0.3) is 0 Å². The molecular weight excluding hydrogens is 442 g/mol. The highest BCUT2D eigenvalue weighted by atomic mass is 35.5. The van der Waals surface area contributed by atoms with Gasteiger partial charge in [-0.25, -0.2) is 4.39 Å². The molecule has 1 aliphatic heterocycles. The van der Waals surface area contributed by atoms with Gasteiger partial charge in [0.2, 0.25) is 0 Å². The number of benzene rings is 3. The van der Waals surface area contributed by atoms with Crippen LogP contribution in [-0.4, -0.2) is 31.1 Å². The molecule has 0 N–H and O–H groups in total. The molecule has 1 unspecified atom stereocenters. The van der Waals surface area contributed by atoms with Crippen LogP contribution in [0.15, 0.2) is 66.7 Å². The van der Waals surface area contributed by atoms with Crippen molar-refractivity contribution in [2.24, 2.45) is 0 Å². The molecule has 1 fully saturated rings. The highest BCUT2D eigenvalue weighted by Gasteiger charge is 2.29. The molecule has 0 aromatic heterocycles. The summed E-state index contributed by atoms with van der Waals surface area (Å²) in [6.07, 6.45) is 0.884. The third-order valence-corrected chi connectivity index (χ3v) is 6.36. The lowest BCUT2D eigenvalue weighted by Crippen LogP contribution is -2.49. The highest BCUT2D eigenvalue weighted by Crippen LogP contribution is 2.36. The second-order valence-corrected chi connectivity index (χ2v) is 8.81. The smallest absolute Gasteiger partial charge is 0.123 e. The molecule has 30 heavy (non-hydrogen) atoms. The normalized spacial score (nSPS) is 17.3. The van der Waals surface area contributed by atoms with Gasteiger partial charge in [-0.2, -0.15) is 0 Å². The third kappa shape index (κ3) is 5.09. The maximum absolute atomic E-state index is 13.2. The van der Waals surface area contributed by atoms with Gasteiger partial charge >= 0.3 is 0 Å². The number of piperazine rings is 1. The molecule has 0 spiro atoms. The molecule has 3 aromatic rings. The summed E-state index contributed by atoms with van der Waals surface area (Å²) in [7, 11) is 0. The van der Waals surface area contributed by atoms with Crippen LogP contribution >= 0.6 is 34.8 Å². The van der Waals surface area contributed by atoms with E-state index in [0.29, 0.717) is 10.0 Å². The molecule has 0 aliphatic carbocycles. The number of halogens is 4. The van der Waals surface area contributed by atoms with Crippen molar-refractivity contribution in [3.8, 4) is 0 Å². The lowest BCUT2D eigenvalue weighted by atomic mass is 10.0. The monoisotopic (exact) mass is 462 g/mol. The minimum absolute atomic E-state index is 0.142. The summed E-state index contributed by atoms with van der Waals surface area (Å²) in [5.41, 5.74) is 3.32. The van der Waals surface area contributed by atoms with Crippen molar-refractivity contribution in [1.29, 1.82) is 0 Å². The maximum atomic E-state index is 13.2. The highest BCUT2D eigenvalue weighted by molar-refractivity contribution is 6.36. The lowest BCUT2D eigenvalue weighted by molar-refractivity contribution is 0.226. The Kier molecular flexibility index (Phi) is 6.84. The van der Waals surface area contributed by atoms with Crippen LogP contribution in [-0.2, 0) is 6.42 Å². The Bertz CT molecular complexity index is 992. The van der Waals surface area contributed by atoms with Crippen LogP contribution in [0.1, 0.15) is 17.2 Å². The van der Waals surface area contributed by atoms with Crippen LogP contribution < -0.4 is 4.90 Å². The fraction of sp³-hybridized carbons (Fsp3) is 0.250. The molecule has 0 amide bonds. The Hall–Kier alpha value is -1.78. The van der Waals surface area contributed by atoms with Gasteiger partial charge < -0.3 is 4.90 Å². The molecule has 6 heteroatoms. The topological polar surface area (TPSA) is 6.48 Å². The van der Waals surface area contributed by atoms with Crippen LogP contribution in [0.3, 0.4) is 0 Å². The van der Waals surface area contributed by atoms with Crippen LogP contribution in [0.25, 0.3) is 0 Å². The average molecular weight is 464 g/mol. The van der Waals surface area contributed by atoms with E-state index < -0.39 is 0 Å². The number of rotatable bonds is 5. The third-order valence-electron chi connectivity index (χ3n) is 5.57. The summed E-state index contributed by atoms with van der Waals surface area (Å²) < 4.78 is 13.2. The first kappa shape index (κ1) is 21.5. The van der Waals surface area contributed by atoms with Crippen molar-refractivity contribution in [2.45, 2.75) is 12.5 Å². The van der Waals surface area contributed by atoms with Crippen molar-refractivity contribution in [2.75, 3.05) is 31.1 Å². The molecule has 0 radical (unpaired) electrons. The van der Waals surface area contributed by atoms with E-state index in [0.717, 1.165) is 48.9 Å². The summed E-state index contributed by atoms with van der Waals surface area (Å²) in [6, 6.07) is 20.6. The van der Waals surface area contributed by atoms with Gasteiger partial charge in [-0.15, -0.1) is 0 Å². The summed E-state index contributed by atoms with van der Waals surface area (Å²) in [5.74, 6) is -0.199. The van der Waals surface area contributed by atoms with E-state index in [1.807, 2.05) is 36.4 Å². The van der Waals surface area contributed by atoms with E-state index in [1.54, 1.807) is 6.07 Å². The first-order valence-electron chi connectivity index (χ1n) is 9.93. The zero-order chi connectivity index (χ0) is 21.1. The molecule has 1 saturated heterocycles. The van der Waals surface area contributed by atoms with Crippen LogP contribution in [0, 0.1) is 5.82 Å². The quantitative estimate of drug-likeness (QED) is 0.406. The molecule has 1 heterocycles.